The van der Waals surface area contributed by atoms with E-state index < -0.39 is 23.8 Å². The molecular formula is C21H22ClN7O5. The summed E-state index contributed by atoms with van der Waals surface area (Å²) in [5.41, 5.74) is 5.94. The van der Waals surface area contributed by atoms with Crippen LogP contribution in [-0.2, 0) is 16.1 Å². The Morgan fingerprint density at radius 2 is 1.85 bits per heavy atom. The number of halogens is 1. The first kappa shape index (κ1) is 24.5. The minimum absolute atomic E-state index is 0.0188. The fraction of sp³-hybridized carbons (Fsp3) is 0.238. The topological polar surface area (TPSA) is 164 Å². The molecule has 0 spiro atoms. The number of benzene rings is 1. The number of carbonyl (C=O) groups is 4. The first-order valence-corrected chi connectivity index (χ1v) is 10.4. The number of amides is 4. The zero-order chi connectivity index (χ0) is 24.8. The summed E-state index contributed by atoms with van der Waals surface area (Å²) in [5, 5.41) is 16.5. The Balaban J connectivity index is 1.80. The number of anilines is 1. The summed E-state index contributed by atoms with van der Waals surface area (Å²) < 4.78 is 1.32. The van der Waals surface area contributed by atoms with Gasteiger partial charge in [0, 0.05) is 25.5 Å². The third-order valence-electron chi connectivity index (χ3n) is 4.88. The van der Waals surface area contributed by atoms with Gasteiger partial charge >= 0.3 is 6.09 Å². The molecule has 4 N–H and O–H groups in total. The van der Waals surface area contributed by atoms with Gasteiger partial charge in [0.15, 0.2) is 5.69 Å². The molecule has 12 nitrogen and oxygen atoms in total. The first-order valence-electron chi connectivity index (χ1n) is 10.1. The highest BCUT2D eigenvalue weighted by Gasteiger charge is 2.22. The number of nitrogens with zero attached hydrogens (tertiary/aromatic N) is 5. The van der Waals surface area contributed by atoms with Gasteiger partial charge in [0.1, 0.15) is 24.1 Å². The van der Waals surface area contributed by atoms with Crippen molar-refractivity contribution in [3.63, 3.8) is 0 Å². The molecule has 2 aromatic heterocycles. The second-order valence-electron chi connectivity index (χ2n) is 7.30. The molecule has 0 saturated carbocycles. The minimum atomic E-state index is -1.18. The molecule has 3 rings (SSSR count). The van der Waals surface area contributed by atoms with Crippen molar-refractivity contribution < 1.29 is 24.3 Å². The largest absolute Gasteiger partial charge is 0.465 e. The summed E-state index contributed by atoms with van der Waals surface area (Å²) in [4.78, 5) is 54.8. The van der Waals surface area contributed by atoms with E-state index in [2.05, 4.69) is 15.4 Å². The van der Waals surface area contributed by atoms with Crippen molar-refractivity contribution in [2.24, 2.45) is 5.73 Å². The Bertz CT molecular complexity index is 1250. The van der Waals surface area contributed by atoms with Gasteiger partial charge in [-0.3, -0.25) is 19.1 Å². The van der Waals surface area contributed by atoms with Crippen molar-refractivity contribution in [2.75, 3.05) is 32.0 Å². The van der Waals surface area contributed by atoms with Gasteiger partial charge in [0.25, 0.3) is 5.91 Å². The van der Waals surface area contributed by atoms with Crippen molar-refractivity contribution in [2.45, 2.75) is 6.54 Å². The number of fused-ring (bicyclic) bond motifs is 1. The maximum Gasteiger partial charge on any atom is 0.407 e. The second kappa shape index (κ2) is 10.6. The molecule has 0 aliphatic rings. The average Bonchev–Trinajstić information content (AvgIpc) is 3.15. The third kappa shape index (κ3) is 5.98. The standard InChI is InChI=1S/C21H22ClN7O5/c1-27(21(33)34)9-10-28(11-17(30)25-16-8-4-7-15(22)24-16)18(31)12-29-14-6-3-2-5-13(14)19(26-29)20(23)32/h2-8H,9-12H2,1H3,(H2,23,32)(H,33,34)(H,24,25,30). The highest BCUT2D eigenvalue weighted by atomic mass is 35.5. The molecule has 1 aromatic carbocycles. The fourth-order valence-corrected chi connectivity index (χ4v) is 3.31. The van der Waals surface area contributed by atoms with Crippen molar-refractivity contribution in [3.8, 4) is 0 Å². The van der Waals surface area contributed by atoms with Gasteiger partial charge in [-0.2, -0.15) is 5.10 Å². The molecule has 13 heteroatoms. The first-order chi connectivity index (χ1) is 16.2. The number of primary amides is 1. The fourth-order valence-electron chi connectivity index (χ4n) is 3.15. The summed E-state index contributed by atoms with van der Waals surface area (Å²) in [5.74, 6) is -1.60. The molecule has 34 heavy (non-hydrogen) atoms. The molecule has 3 aromatic rings. The van der Waals surface area contributed by atoms with Crippen molar-refractivity contribution in [3.05, 3.63) is 53.3 Å². The quantitative estimate of drug-likeness (QED) is 0.382. The maximum absolute atomic E-state index is 13.1. The van der Waals surface area contributed by atoms with Crippen LogP contribution in [0.3, 0.4) is 0 Å². The number of rotatable bonds is 9. The molecule has 2 heterocycles. The van der Waals surface area contributed by atoms with Crippen LogP contribution in [0.2, 0.25) is 5.15 Å². The Hall–Kier alpha value is -4.19. The number of aromatic nitrogens is 3. The number of para-hydroxylation sites is 1. The molecular weight excluding hydrogens is 466 g/mol. The van der Waals surface area contributed by atoms with Crippen molar-refractivity contribution in [1.82, 2.24) is 24.6 Å². The van der Waals surface area contributed by atoms with E-state index in [1.165, 1.54) is 22.7 Å². The number of pyridine rings is 1. The molecule has 0 unspecified atom stereocenters. The molecule has 0 radical (unpaired) electrons. The van der Waals surface area contributed by atoms with Gasteiger partial charge in [-0.15, -0.1) is 0 Å². The number of carboxylic acid groups (broad SMARTS) is 1. The van der Waals surface area contributed by atoms with Crippen molar-refractivity contribution >= 4 is 52.1 Å². The lowest BCUT2D eigenvalue weighted by Gasteiger charge is -2.24. The summed E-state index contributed by atoms with van der Waals surface area (Å²) >= 11 is 5.83. The van der Waals surface area contributed by atoms with Crippen LogP contribution in [0.15, 0.2) is 42.5 Å². The van der Waals surface area contributed by atoms with E-state index in [-0.39, 0.29) is 42.8 Å². The molecule has 0 saturated heterocycles. The molecule has 0 bridgehead atoms. The molecule has 0 aliphatic heterocycles. The predicted octanol–water partition coefficient (Wildman–Crippen LogP) is 1.26. The van der Waals surface area contributed by atoms with Crippen LogP contribution < -0.4 is 11.1 Å². The van der Waals surface area contributed by atoms with Gasteiger partial charge in [-0.25, -0.2) is 9.78 Å². The van der Waals surface area contributed by atoms with E-state index in [9.17, 15) is 19.2 Å². The van der Waals surface area contributed by atoms with E-state index in [4.69, 9.17) is 22.4 Å². The lowest BCUT2D eigenvalue weighted by Crippen LogP contribution is -2.44. The van der Waals surface area contributed by atoms with Gasteiger partial charge in [0.05, 0.1) is 5.52 Å². The van der Waals surface area contributed by atoms with Crippen LogP contribution in [0.4, 0.5) is 10.6 Å². The van der Waals surface area contributed by atoms with Gasteiger partial charge in [-0.05, 0) is 18.2 Å². The number of hydrogen-bond donors (Lipinski definition) is 3. The third-order valence-corrected chi connectivity index (χ3v) is 5.09. The van der Waals surface area contributed by atoms with Gasteiger partial charge < -0.3 is 26.0 Å². The van der Waals surface area contributed by atoms with Crippen LogP contribution in [0.25, 0.3) is 10.9 Å². The smallest absolute Gasteiger partial charge is 0.407 e. The van der Waals surface area contributed by atoms with Crippen LogP contribution in [0.5, 0.6) is 0 Å². The SMILES string of the molecule is CN(CCN(CC(=O)Nc1cccc(Cl)n1)C(=O)Cn1nc(C(N)=O)c2ccccc21)C(=O)O. The number of likely N-dealkylation sites (N-methyl/N-ethyl adjacent to an activating group) is 1. The molecule has 0 aliphatic carbocycles. The maximum atomic E-state index is 13.1. The summed E-state index contributed by atoms with van der Waals surface area (Å²) in [6.07, 6.45) is -1.18. The average molecular weight is 488 g/mol. The normalized spacial score (nSPS) is 10.6. The molecule has 0 atom stereocenters. The van der Waals surface area contributed by atoms with E-state index >= 15 is 0 Å². The van der Waals surface area contributed by atoms with Crippen LogP contribution in [0, 0.1) is 0 Å². The number of carbonyl (C=O) groups excluding carboxylic acids is 3. The zero-order valence-electron chi connectivity index (χ0n) is 18.1. The summed E-state index contributed by atoms with van der Waals surface area (Å²) in [7, 11) is 1.35. The number of nitrogens with one attached hydrogen (secondary N) is 1. The summed E-state index contributed by atoms with van der Waals surface area (Å²) in [6.45, 7) is -0.758. The Kier molecular flexibility index (Phi) is 7.64. The Morgan fingerprint density at radius 3 is 2.53 bits per heavy atom. The Morgan fingerprint density at radius 1 is 1.12 bits per heavy atom. The summed E-state index contributed by atoms with van der Waals surface area (Å²) in [6, 6.07) is 11.5. The predicted molar refractivity (Wildman–Crippen MR) is 123 cm³/mol. The second-order valence-corrected chi connectivity index (χ2v) is 7.69. The van der Waals surface area contributed by atoms with Crippen LogP contribution in [0.1, 0.15) is 10.5 Å². The number of hydrogen-bond acceptors (Lipinski definition) is 6. The van der Waals surface area contributed by atoms with E-state index in [0.717, 1.165) is 4.90 Å². The van der Waals surface area contributed by atoms with E-state index in [1.54, 1.807) is 36.4 Å². The van der Waals surface area contributed by atoms with Crippen LogP contribution in [-0.4, -0.2) is 80.2 Å². The molecule has 0 fully saturated rings. The lowest BCUT2D eigenvalue weighted by molar-refractivity contribution is -0.135. The van der Waals surface area contributed by atoms with Gasteiger partial charge in [-0.1, -0.05) is 35.9 Å². The lowest BCUT2D eigenvalue weighted by atomic mass is 10.2. The molecule has 178 valence electrons. The highest BCUT2D eigenvalue weighted by Crippen LogP contribution is 2.18. The van der Waals surface area contributed by atoms with Crippen LogP contribution >= 0.6 is 11.6 Å². The van der Waals surface area contributed by atoms with E-state index in [1.807, 2.05) is 0 Å². The van der Waals surface area contributed by atoms with E-state index in [0.29, 0.717) is 10.9 Å². The highest BCUT2D eigenvalue weighted by molar-refractivity contribution is 6.29. The zero-order valence-corrected chi connectivity index (χ0v) is 18.9. The minimum Gasteiger partial charge on any atom is -0.465 e. The monoisotopic (exact) mass is 487 g/mol. The molecule has 4 amide bonds. The van der Waals surface area contributed by atoms with Gasteiger partial charge in [0.2, 0.25) is 11.8 Å². The van der Waals surface area contributed by atoms with Crippen molar-refractivity contribution in [1.29, 1.82) is 0 Å². The Labute approximate surface area is 198 Å². The number of nitrogens with two attached hydrogens (primary N) is 1.